The molecular weight excluding hydrogens is 384 g/mol. The average Bonchev–Trinajstić information content (AvgIpc) is 2.90. The summed E-state index contributed by atoms with van der Waals surface area (Å²) < 4.78 is 6.22. The molecule has 0 radical (unpaired) electrons. The Morgan fingerprint density at radius 2 is 1.92 bits per heavy atom. The Bertz CT molecular complexity index is 862. The number of hydrazine groups is 1. The molecule has 2 aromatic rings. The summed E-state index contributed by atoms with van der Waals surface area (Å²) in [6.07, 6.45) is 3.21. The van der Waals surface area contributed by atoms with Crippen LogP contribution in [0.15, 0.2) is 71.2 Å². The fourth-order valence-electron chi connectivity index (χ4n) is 2.36. The van der Waals surface area contributed by atoms with Crippen molar-refractivity contribution in [1.29, 1.82) is 0 Å². The number of nitrogens with zero attached hydrogens (tertiary/aromatic N) is 1. The number of benzene rings is 2. The van der Waals surface area contributed by atoms with Crippen molar-refractivity contribution in [3.8, 4) is 5.75 Å². The van der Waals surface area contributed by atoms with Crippen molar-refractivity contribution in [2.45, 2.75) is 0 Å². The number of hydrogen-bond acceptors (Lipinski definition) is 3. The van der Waals surface area contributed by atoms with Gasteiger partial charge in [0, 0.05) is 0 Å². The van der Waals surface area contributed by atoms with Gasteiger partial charge >= 0.3 is 0 Å². The quantitative estimate of drug-likeness (QED) is 0.476. The maximum atomic E-state index is 12.5. The highest BCUT2D eigenvalue weighted by Gasteiger charge is 2.34. The molecule has 3 rings (SSSR count). The Hall–Kier alpha value is -2.86. The molecule has 0 aliphatic carbocycles. The van der Waals surface area contributed by atoms with Gasteiger partial charge in [-0.25, -0.2) is 5.01 Å². The van der Waals surface area contributed by atoms with E-state index in [0.717, 1.165) is 4.47 Å². The fourth-order valence-corrected chi connectivity index (χ4v) is 2.87. The average molecular weight is 399 g/mol. The van der Waals surface area contributed by atoms with Crippen molar-refractivity contribution in [3.63, 3.8) is 0 Å². The van der Waals surface area contributed by atoms with Crippen molar-refractivity contribution < 1.29 is 14.3 Å². The van der Waals surface area contributed by atoms with E-state index in [-0.39, 0.29) is 11.5 Å². The Labute approximate surface area is 153 Å². The maximum absolute atomic E-state index is 12.5. The minimum absolute atomic E-state index is 0.0792. The van der Waals surface area contributed by atoms with Crippen molar-refractivity contribution in [2.75, 3.05) is 11.6 Å². The summed E-state index contributed by atoms with van der Waals surface area (Å²) in [5.41, 5.74) is 3.98. The van der Waals surface area contributed by atoms with E-state index in [2.05, 4.69) is 27.9 Å². The van der Waals surface area contributed by atoms with E-state index in [4.69, 9.17) is 4.74 Å². The Morgan fingerprint density at radius 1 is 1.16 bits per heavy atom. The van der Waals surface area contributed by atoms with Gasteiger partial charge in [0.15, 0.2) is 0 Å². The first-order chi connectivity index (χ1) is 12.1. The van der Waals surface area contributed by atoms with Gasteiger partial charge in [0.25, 0.3) is 11.8 Å². The molecule has 2 aromatic carbocycles. The van der Waals surface area contributed by atoms with Crippen LogP contribution in [0.3, 0.4) is 0 Å². The molecule has 25 heavy (non-hydrogen) atoms. The monoisotopic (exact) mass is 398 g/mol. The van der Waals surface area contributed by atoms with Crippen molar-refractivity contribution in [3.05, 3.63) is 76.8 Å². The third kappa shape index (κ3) is 3.64. The number of nitrogens with one attached hydrogen (secondary N) is 1. The maximum Gasteiger partial charge on any atom is 0.282 e. The normalized spacial score (nSPS) is 15.4. The third-order valence-corrected chi connectivity index (χ3v) is 4.15. The zero-order valence-electron chi connectivity index (χ0n) is 13.2. The summed E-state index contributed by atoms with van der Waals surface area (Å²) in [5.74, 6) is -0.161. The second-order valence-corrected chi connectivity index (χ2v) is 6.12. The first-order valence-electron chi connectivity index (χ1n) is 7.55. The van der Waals surface area contributed by atoms with E-state index in [1.165, 1.54) is 5.01 Å². The summed E-state index contributed by atoms with van der Waals surface area (Å²) in [6, 6.07) is 14.3. The van der Waals surface area contributed by atoms with Gasteiger partial charge in [-0.05, 0) is 51.8 Å². The van der Waals surface area contributed by atoms with E-state index in [1.807, 2.05) is 6.07 Å². The van der Waals surface area contributed by atoms with Crippen LogP contribution in [0.25, 0.3) is 6.08 Å². The van der Waals surface area contributed by atoms with Crippen LogP contribution in [-0.4, -0.2) is 18.4 Å². The third-order valence-electron chi connectivity index (χ3n) is 3.53. The summed E-state index contributed by atoms with van der Waals surface area (Å²) in [5, 5.41) is 1.24. The lowest BCUT2D eigenvalue weighted by Crippen LogP contribution is -2.35. The van der Waals surface area contributed by atoms with Crippen molar-refractivity contribution >= 4 is 39.5 Å². The fraction of sp³-hybridized carbons (Fsp3) is 0.0526. The number of rotatable bonds is 5. The van der Waals surface area contributed by atoms with Crippen molar-refractivity contribution in [1.82, 2.24) is 5.43 Å². The second kappa shape index (κ2) is 7.36. The molecule has 1 N–H and O–H groups in total. The van der Waals surface area contributed by atoms with Crippen LogP contribution in [0.1, 0.15) is 5.56 Å². The molecule has 1 fully saturated rings. The lowest BCUT2D eigenvalue weighted by molar-refractivity contribution is -0.117. The van der Waals surface area contributed by atoms with Gasteiger partial charge in [-0.2, -0.15) is 0 Å². The molecule has 0 spiro atoms. The van der Waals surface area contributed by atoms with Gasteiger partial charge < -0.3 is 4.74 Å². The number of para-hydroxylation sites is 1. The van der Waals surface area contributed by atoms with Crippen LogP contribution in [0.4, 0.5) is 5.69 Å². The van der Waals surface area contributed by atoms with Gasteiger partial charge in [0.05, 0.1) is 10.2 Å². The highest BCUT2D eigenvalue weighted by atomic mass is 79.9. The number of ether oxygens (including phenoxy) is 1. The lowest BCUT2D eigenvalue weighted by atomic mass is 10.1. The van der Waals surface area contributed by atoms with Crippen LogP contribution < -0.4 is 15.2 Å². The minimum atomic E-state index is -0.433. The summed E-state index contributed by atoms with van der Waals surface area (Å²) in [7, 11) is 0. The lowest BCUT2D eigenvalue weighted by Gasteiger charge is -2.13. The predicted molar refractivity (Wildman–Crippen MR) is 99.9 cm³/mol. The number of anilines is 1. The Kier molecular flexibility index (Phi) is 5.00. The number of carbonyl (C=O) groups excluding carboxylic acids is 2. The highest BCUT2D eigenvalue weighted by Crippen LogP contribution is 2.28. The van der Waals surface area contributed by atoms with E-state index in [9.17, 15) is 9.59 Å². The summed E-state index contributed by atoms with van der Waals surface area (Å²) in [4.78, 5) is 24.7. The molecule has 6 heteroatoms. The predicted octanol–water partition coefficient (Wildman–Crippen LogP) is 3.48. The highest BCUT2D eigenvalue weighted by molar-refractivity contribution is 9.10. The standard InChI is InChI=1S/C19H15BrN2O3/c1-2-10-25-17-9-8-13(12-16(17)20)11-15-18(23)21-22(19(15)24)14-6-4-3-5-7-14/h2-9,11-12H,1,10H2,(H,21,23)/b15-11-. The minimum Gasteiger partial charge on any atom is -0.488 e. The van der Waals surface area contributed by atoms with Gasteiger partial charge in [-0.15, -0.1) is 0 Å². The van der Waals surface area contributed by atoms with Crippen LogP contribution >= 0.6 is 15.9 Å². The van der Waals surface area contributed by atoms with E-state index in [0.29, 0.717) is 23.6 Å². The molecule has 0 aromatic heterocycles. The van der Waals surface area contributed by atoms with Gasteiger partial charge in [-0.3, -0.25) is 15.0 Å². The van der Waals surface area contributed by atoms with Gasteiger partial charge in [-0.1, -0.05) is 36.9 Å². The number of halogens is 1. The Balaban J connectivity index is 1.86. The molecule has 5 nitrogen and oxygen atoms in total. The largest absolute Gasteiger partial charge is 0.488 e. The van der Waals surface area contributed by atoms with E-state index < -0.39 is 5.91 Å². The molecule has 0 unspecified atom stereocenters. The van der Waals surface area contributed by atoms with Crippen LogP contribution in [0, 0.1) is 0 Å². The smallest absolute Gasteiger partial charge is 0.282 e. The van der Waals surface area contributed by atoms with Crippen LogP contribution in [0.2, 0.25) is 0 Å². The van der Waals surface area contributed by atoms with Crippen LogP contribution in [-0.2, 0) is 9.59 Å². The van der Waals surface area contributed by atoms with Gasteiger partial charge in [0.2, 0.25) is 0 Å². The molecular formula is C19H15BrN2O3. The van der Waals surface area contributed by atoms with Crippen molar-refractivity contribution in [2.24, 2.45) is 0 Å². The van der Waals surface area contributed by atoms with Gasteiger partial charge in [0.1, 0.15) is 17.9 Å². The van der Waals surface area contributed by atoms with Crippen LogP contribution in [0.5, 0.6) is 5.75 Å². The molecule has 1 aliphatic rings. The summed E-state index contributed by atoms with van der Waals surface area (Å²) in [6.45, 7) is 4.00. The SMILES string of the molecule is C=CCOc1ccc(/C=C2/C(=O)NN(c3ccccc3)C2=O)cc1Br. The second-order valence-electron chi connectivity index (χ2n) is 5.26. The molecule has 2 amide bonds. The zero-order valence-corrected chi connectivity index (χ0v) is 14.8. The molecule has 1 aliphatic heterocycles. The molecule has 0 saturated carbocycles. The molecule has 0 atom stereocenters. The number of carbonyl (C=O) groups is 2. The molecule has 1 saturated heterocycles. The first kappa shape index (κ1) is 17.0. The number of amides is 2. The molecule has 126 valence electrons. The first-order valence-corrected chi connectivity index (χ1v) is 8.35. The molecule has 1 heterocycles. The molecule has 0 bridgehead atoms. The Morgan fingerprint density at radius 3 is 2.60 bits per heavy atom. The van der Waals surface area contributed by atoms with E-state index in [1.54, 1.807) is 54.6 Å². The summed E-state index contributed by atoms with van der Waals surface area (Å²) >= 11 is 3.42. The zero-order chi connectivity index (χ0) is 17.8. The topological polar surface area (TPSA) is 58.6 Å². The number of hydrogen-bond donors (Lipinski definition) is 1. The van der Waals surface area contributed by atoms with E-state index >= 15 is 0 Å².